The van der Waals surface area contributed by atoms with Crippen LogP contribution in [-0.2, 0) is 9.53 Å². The van der Waals surface area contributed by atoms with Crippen LogP contribution in [0.5, 0.6) is 5.75 Å². The number of anilines is 1. The summed E-state index contributed by atoms with van der Waals surface area (Å²) < 4.78 is 11.8. The van der Waals surface area contributed by atoms with Crippen LogP contribution in [0.2, 0.25) is 0 Å². The van der Waals surface area contributed by atoms with Crippen molar-refractivity contribution < 1.29 is 23.9 Å². The van der Waals surface area contributed by atoms with Crippen molar-refractivity contribution >= 4 is 23.5 Å². The first-order chi connectivity index (χ1) is 15.7. The van der Waals surface area contributed by atoms with Crippen molar-refractivity contribution in [3.05, 3.63) is 23.8 Å². The zero-order valence-corrected chi connectivity index (χ0v) is 20.6. The van der Waals surface area contributed by atoms with Crippen molar-refractivity contribution in [3.8, 4) is 5.75 Å². The monoisotopic (exact) mass is 462 g/mol. The number of hydrogen-bond acceptors (Lipinski definition) is 5. The van der Waals surface area contributed by atoms with Crippen LogP contribution in [0, 0.1) is 5.92 Å². The van der Waals surface area contributed by atoms with E-state index in [0.717, 1.165) is 6.42 Å². The second-order valence-electron chi connectivity index (χ2n) is 8.59. The van der Waals surface area contributed by atoms with Crippen LogP contribution >= 0.6 is 0 Å². The average molecular weight is 463 g/mol. The Morgan fingerprint density at radius 3 is 2.58 bits per heavy atom. The quantitative estimate of drug-likeness (QED) is 0.701. The number of benzene rings is 1. The van der Waals surface area contributed by atoms with Crippen LogP contribution in [0.1, 0.15) is 50.9 Å². The highest BCUT2D eigenvalue weighted by atomic mass is 16.5. The Morgan fingerprint density at radius 1 is 1.21 bits per heavy atom. The summed E-state index contributed by atoms with van der Waals surface area (Å²) in [6, 6.07) is 4.60. The topological polar surface area (TPSA) is 100 Å². The van der Waals surface area contributed by atoms with E-state index in [1.54, 1.807) is 49.1 Å². The Morgan fingerprint density at radius 2 is 1.94 bits per heavy atom. The molecule has 0 aliphatic carbocycles. The number of carbonyl (C=O) groups excluding carboxylic acids is 3. The molecule has 33 heavy (non-hydrogen) atoms. The number of methoxy groups -OCH3 is 1. The fourth-order valence-electron chi connectivity index (χ4n) is 3.72. The lowest BCUT2D eigenvalue weighted by atomic mass is 10.0. The zero-order chi connectivity index (χ0) is 24.5. The second kappa shape index (κ2) is 12.4. The van der Waals surface area contributed by atoms with E-state index < -0.39 is 0 Å². The van der Waals surface area contributed by atoms with Gasteiger partial charge in [-0.1, -0.05) is 20.8 Å². The normalized spacial score (nSPS) is 21.9. The van der Waals surface area contributed by atoms with Gasteiger partial charge < -0.3 is 29.9 Å². The Kier molecular flexibility index (Phi) is 9.96. The van der Waals surface area contributed by atoms with Crippen LogP contribution in [0.3, 0.4) is 0 Å². The first kappa shape index (κ1) is 26.4. The maximum absolute atomic E-state index is 13.2. The number of carbonyl (C=O) groups is 3. The fourth-order valence-corrected chi connectivity index (χ4v) is 3.72. The van der Waals surface area contributed by atoms with Gasteiger partial charge in [-0.3, -0.25) is 9.59 Å². The highest BCUT2D eigenvalue weighted by molar-refractivity contribution is 5.98. The minimum absolute atomic E-state index is 0.00870. The van der Waals surface area contributed by atoms with Crippen LogP contribution in [0.15, 0.2) is 18.2 Å². The number of urea groups is 1. The molecule has 1 aliphatic heterocycles. The highest BCUT2D eigenvalue weighted by Gasteiger charge is 2.30. The molecule has 2 N–H and O–H groups in total. The SMILES string of the molecule is CCCNC(=O)N1C[C@H](C)[C@@H](OC)CN(C)C(=O)c2ccc(NC(=O)CC)cc2OC[C@H]1C. The molecule has 0 aromatic heterocycles. The summed E-state index contributed by atoms with van der Waals surface area (Å²) >= 11 is 0. The number of ether oxygens (including phenoxy) is 2. The van der Waals surface area contributed by atoms with Gasteiger partial charge in [0.15, 0.2) is 0 Å². The number of rotatable bonds is 5. The number of fused-ring (bicyclic) bond motifs is 1. The van der Waals surface area contributed by atoms with Gasteiger partial charge in [0.25, 0.3) is 5.91 Å². The van der Waals surface area contributed by atoms with E-state index in [9.17, 15) is 14.4 Å². The molecule has 0 unspecified atom stereocenters. The molecular weight excluding hydrogens is 424 g/mol. The predicted molar refractivity (Wildman–Crippen MR) is 128 cm³/mol. The lowest BCUT2D eigenvalue weighted by Gasteiger charge is -2.36. The van der Waals surface area contributed by atoms with Crippen molar-refractivity contribution in [3.63, 3.8) is 0 Å². The molecule has 0 saturated carbocycles. The third kappa shape index (κ3) is 7.08. The number of likely N-dealkylation sites (N-methyl/N-ethyl adjacent to an activating group) is 1. The average Bonchev–Trinajstić information content (AvgIpc) is 2.81. The Hall–Kier alpha value is -2.81. The third-order valence-electron chi connectivity index (χ3n) is 5.84. The molecule has 9 nitrogen and oxygen atoms in total. The third-order valence-corrected chi connectivity index (χ3v) is 5.84. The van der Waals surface area contributed by atoms with E-state index in [4.69, 9.17) is 9.47 Å². The molecular formula is C24H38N4O5. The van der Waals surface area contributed by atoms with Crippen LogP contribution in [0.25, 0.3) is 0 Å². The molecule has 2 rings (SSSR count). The first-order valence-electron chi connectivity index (χ1n) is 11.6. The van der Waals surface area contributed by atoms with E-state index in [1.807, 2.05) is 20.8 Å². The van der Waals surface area contributed by atoms with Crippen LogP contribution < -0.4 is 15.4 Å². The molecule has 3 atom stereocenters. The van der Waals surface area contributed by atoms with Crippen molar-refractivity contribution in [2.45, 2.75) is 52.7 Å². The molecule has 1 aromatic carbocycles. The van der Waals surface area contributed by atoms with E-state index in [0.29, 0.717) is 43.1 Å². The summed E-state index contributed by atoms with van der Waals surface area (Å²) in [4.78, 5) is 41.3. The molecule has 0 radical (unpaired) electrons. The Bertz CT molecular complexity index is 831. The largest absolute Gasteiger partial charge is 0.491 e. The van der Waals surface area contributed by atoms with E-state index in [-0.39, 0.29) is 42.5 Å². The summed E-state index contributed by atoms with van der Waals surface area (Å²) in [6.07, 6.45) is 0.932. The van der Waals surface area contributed by atoms with E-state index in [1.165, 1.54) is 0 Å². The van der Waals surface area contributed by atoms with Gasteiger partial charge in [-0.05, 0) is 25.5 Å². The summed E-state index contributed by atoms with van der Waals surface area (Å²) in [5.41, 5.74) is 0.945. The van der Waals surface area contributed by atoms with Gasteiger partial charge in [-0.25, -0.2) is 4.79 Å². The van der Waals surface area contributed by atoms with Crippen molar-refractivity contribution in [1.29, 1.82) is 0 Å². The number of nitrogens with one attached hydrogen (secondary N) is 2. The predicted octanol–water partition coefficient (Wildman–Crippen LogP) is 2.96. The summed E-state index contributed by atoms with van der Waals surface area (Å²) in [5.74, 6) is 0.0312. The lowest BCUT2D eigenvalue weighted by Crippen LogP contribution is -2.51. The summed E-state index contributed by atoms with van der Waals surface area (Å²) in [7, 11) is 3.34. The minimum Gasteiger partial charge on any atom is -0.491 e. The van der Waals surface area contributed by atoms with Crippen molar-refractivity contribution in [2.75, 3.05) is 45.7 Å². The van der Waals surface area contributed by atoms with Gasteiger partial charge in [0.05, 0.1) is 17.7 Å². The van der Waals surface area contributed by atoms with Crippen LogP contribution in [0.4, 0.5) is 10.5 Å². The highest BCUT2D eigenvalue weighted by Crippen LogP contribution is 2.27. The second-order valence-corrected chi connectivity index (χ2v) is 8.59. The van der Waals surface area contributed by atoms with E-state index in [2.05, 4.69) is 10.6 Å². The van der Waals surface area contributed by atoms with Gasteiger partial charge >= 0.3 is 6.03 Å². The van der Waals surface area contributed by atoms with Gasteiger partial charge in [0, 0.05) is 57.9 Å². The maximum atomic E-state index is 13.2. The molecule has 0 fully saturated rings. The first-order valence-corrected chi connectivity index (χ1v) is 11.6. The molecule has 0 spiro atoms. The standard InChI is InChI=1S/C24H38N4O5/c1-7-11-25-24(31)28-13-16(3)21(32-6)14-27(5)23(30)19-10-9-18(26-22(29)8-2)12-20(19)33-15-17(28)4/h9-10,12,16-17,21H,7-8,11,13-15H2,1-6H3,(H,25,31)(H,26,29)/t16-,17+,21-/m0/s1. The molecule has 0 bridgehead atoms. The molecule has 0 saturated heterocycles. The molecule has 1 heterocycles. The van der Waals surface area contributed by atoms with E-state index >= 15 is 0 Å². The summed E-state index contributed by atoms with van der Waals surface area (Å²) in [5, 5.41) is 5.75. The summed E-state index contributed by atoms with van der Waals surface area (Å²) in [6.45, 7) is 9.31. The number of hydrogen-bond donors (Lipinski definition) is 2. The minimum atomic E-state index is -0.254. The number of amides is 4. The molecule has 1 aromatic rings. The molecule has 4 amide bonds. The van der Waals surface area contributed by atoms with Gasteiger partial charge in [0.2, 0.25) is 5.91 Å². The van der Waals surface area contributed by atoms with Crippen LogP contribution in [-0.4, -0.2) is 80.2 Å². The fraction of sp³-hybridized carbons (Fsp3) is 0.625. The Labute approximate surface area is 196 Å². The molecule has 9 heteroatoms. The van der Waals surface area contributed by atoms with Gasteiger partial charge in [-0.2, -0.15) is 0 Å². The zero-order valence-electron chi connectivity index (χ0n) is 20.6. The lowest BCUT2D eigenvalue weighted by molar-refractivity contribution is -0.115. The van der Waals surface area contributed by atoms with Crippen molar-refractivity contribution in [2.24, 2.45) is 5.92 Å². The Balaban J connectivity index is 2.42. The smallest absolute Gasteiger partial charge is 0.317 e. The molecule has 184 valence electrons. The maximum Gasteiger partial charge on any atom is 0.317 e. The van der Waals surface area contributed by atoms with Gasteiger partial charge in [-0.15, -0.1) is 0 Å². The number of nitrogens with zero attached hydrogens (tertiary/aromatic N) is 2. The van der Waals surface area contributed by atoms with Crippen molar-refractivity contribution in [1.82, 2.24) is 15.1 Å². The molecule has 1 aliphatic rings. The van der Waals surface area contributed by atoms with Gasteiger partial charge in [0.1, 0.15) is 12.4 Å².